The maximum absolute atomic E-state index is 15.0. The number of primary amides is 1. The number of fused-ring (bicyclic) bond motifs is 3. The molecule has 0 bridgehead atoms. The molecule has 4 heterocycles. The van der Waals surface area contributed by atoms with E-state index in [0.29, 0.717) is 47.7 Å². The number of aliphatic carboxylic acids is 3. The molecule has 0 spiro atoms. The SMILES string of the molecule is C[C@@H]1NC(=O)CNC(=O)[C@H](CCC(=O)O)NC(=O)[C@@H]2CCCN2C(=O)[C@H]([C@H](C)O)NC(=O)[C@H](CCC(=O)O)NC(=O)[C@H](CCCNC(=N)N)NC(=O)[C@H](CCC(N)=O)NC(=O)CNC(=O)CCCCCCNC(=O)[C@H](Cc2ccc(O)cc2)NC(=O)[C@H](Cc2c[nH]c3ccccc23)NC(=O)[C@@H]2CCCN2C(=O)[C@H](CCCCN)NC(=O)[C@H](C)NC(=O)[C@H](CCC(=O)O)NC1=O. The third-order valence-electron chi connectivity index (χ3n) is 21.8. The van der Waals surface area contributed by atoms with Crippen LogP contribution in [0.15, 0.2) is 54.7 Å². The maximum atomic E-state index is 15.0. The van der Waals surface area contributed by atoms with Gasteiger partial charge in [-0.2, -0.15) is 0 Å². The van der Waals surface area contributed by atoms with E-state index in [1.165, 1.54) is 24.0 Å². The van der Waals surface area contributed by atoms with Crippen molar-refractivity contribution >= 4 is 135 Å². The average Bonchev–Trinajstić information content (AvgIpc) is 1.64. The number of carboxylic acid groups (broad SMARTS) is 3. The zero-order valence-electron chi connectivity index (χ0n) is 72.7. The molecule has 0 aliphatic carbocycles. The summed E-state index contributed by atoms with van der Waals surface area (Å²) in [5.41, 5.74) is 18.5. The molecule has 3 aliphatic rings. The van der Waals surface area contributed by atoms with Crippen LogP contribution in [0.1, 0.15) is 173 Å². The van der Waals surface area contributed by atoms with Gasteiger partial charge in [0.05, 0.1) is 19.2 Å². The van der Waals surface area contributed by atoms with Crippen LogP contribution in [-0.4, -0.2) is 295 Å². The van der Waals surface area contributed by atoms with Crippen molar-refractivity contribution < 1.29 is 121 Å². The van der Waals surface area contributed by atoms with Gasteiger partial charge < -0.3 is 137 Å². The standard InChI is InChI=1S/C83H122N22O25/c1-44-70(118)96-55(28-32-67(114)115)74(122)94-45(2)71(119)100-57(17-9-10-34-84)81(129)104-37-13-19-60(104)80(128)102-59(40-48-41-90-51-16-8-7-15-50(48)51)78(126)101-58(39-47-22-24-49(107)25-23-47)73(121)88-35-11-5-4-6-21-63(109)91-42-65(111)95-54(26-30-62(85)108)76(124)97-52(18-12-36-89-83(86)87)75(123)98-56(29-33-68(116)117)77(125)103-69(46(3)106)82(130)105-38-14-20-61(105)79(127)99-53(27-31-66(112)113)72(120)92-43-64(110)93-44/h7-8,15-16,22-25,41,44-46,52-61,69,90,106-107H,4-6,9-14,17-21,26-40,42-43,84H2,1-3H3,(H2,85,108)(H,88,121)(H,91,109)(H,92,120)(H,93,110)(H,94,122)(H,95,111)(H,96,118)(H,97,124)(H,98,123)(H,99,127)(H,100,119)(H,101,126)(H,102,128)(H,103,125)(H,112,113)(H,114,115)(H,116,117)(H4,86,87,89)/t44-,45-,46-,52-,53-,54-,55-,56-,57-,58-,59-,60-,61-,69-/m0/s1. The Bertz CT molecular complexity index is 4530. The summed E-state index contributed by atoms with van der Waals surface area (Å²) in [4.78, 5) is 280. The molecule has 14 atom stereocenters. The lowest BCUT2D eigenvalue weighted by Gasteiger charge is -2.32. The minimum atomic E-state index is -1.97. The van der Waals surface area contributed by atoms with Crippen molar-refractivity contribution in [2.24, 2.45) is 17.2 Å². The Kier molecular flexibility index (Phi) is 43.1. The monoisotopic (exact) mass is 1830 g/mol. The van der Waals surface area contributed by atoms with Gasteiger partial charge in [-0.15, -0.1) is 0 Å². The largest absolute Gasteiger partial charge is 0.508 e. The molecule has 17 amide bonds. The number of aromatic amines is 1. The fourth-order valence-electron chi connectivity index (χ4n) is 14.7. The van der Waals surface area contributed by atoms with Crippen LogP contribution in [0.2, 0.25) is 0 Å². The maximum Gasteiger partial charge on any atom is 0.303 e. The first-order valence-electron chi connectivity index (χ1n) is 43.2. The first-order chi connectivity index (χ1) is 61.7. The number of benzene rings is 2. The number of carbonyl (C=O) groups excluding carboxylic acids is 17. The second-order valence-electron chi connectivity index (χ2n) is 32.1. The number of phenols is 1. The van der Waals surface area contributed by atoms with Gasteiger partial charge in [0.15, 0.2) is 5.96 Å². The Morgan fingerprint density at radius 2 is 0.931 bits per heavy atom. The first kappa shape index (κ1) is 105. The van der Waals surface area contributed by atoms with E-state index in [4.69, 9.17) is 22.6 Å². The second-order valence-corrected chi connectivity index (χ2v) is 32.1. The number of aromatic hydroxyl groups is 1. The number of nitrogens with zero attached hydrogens (tertiary/aromatic N) is 2. The number of aliphatic hydroxyl groups excluding tert-OH is 1. The molecule has 3 saturated heterocycles. The normalized spacial score (nSPS) is 24.7. The van der Waals surface area contributed by atoms with E-state index in [0.717, 1.165) is 18.7 Å². The fraction of sp³-hybridized carbons (Fsp3) is 0.578. The molecule has 2 aromatic carbocycles. The van der Waals surface area contributed by atoms with Gasteiger partial charge in [0.25, 0.3) is 0 Å². The zero-order chi connectivity index (χ0) is 95.8. The summed E-state index contributed by atoms with van der Waals surface area (Å²) < 4.78 is 0. The molecule has 3 aliphatic heterocycles. The van der Waals surface area contributed by atoms with Crippen LogP contribution >= 0.6 is 0 Å². The van der Waals surface area contributed by atoms with Crippen LogP contribution < -0.4 is 97.0 Å². The third-order valence-corrected chi connectivity index (χ3v) is 21.8. The topological polar surface area (TPSA) is 747 Å². The summed E-state index contributed by atoms with van der Waals surface area (Å²) >= 11 is 0. The van der Waals surface area contributed by atoms with Crippen LogP contribution in [0.3, 0.4) is 0 Å². The number of para-hydroxylation sites is 1. The number of carboxylic acids is 3. The molecule has 47 nitrogen and oxygen atoms in total. The average molecular weight is 1830 g/mol. The number of hydrogen-bond acceptors (Lipinski definition) is 24. The Labute approximate surface area is 747 Å². The Morgan fingerprint density at radius 3 is 1.52 bits per heavy atom. The van der Waals surface area contributed by atoms with Gasteiger partial charge in [-0.05, 0) is 153 Å². The number of hydrogen-bond donors (Lipinski definition) is 25. The van der Waals surface area contributed by atoms with Gasteiger partial charge in [0.2, 0.25) is 100 Å². The van der Waals surface area contributed by atoms with Crippen LogP contribution in [0.4, 0.5) is 0 Å². The molecule has 714 valence electrons. The van der Waals surface area contributed by atoms with Gasteiger partial charge in [-0.1, -0.05) is 43.2 Å². The van der Waals surface area contributed by atoms with Gasteiger partial charge >= 0.3 is 17.9 Å². The van der Waals surface area contributed by atoms with E-state index in [9.17, 15) is 121 Å². The number of amides is 17. The summed E-state index contributed by atoms with van der Waals surface area (Å²) in [6.45, 7) is 1.69. The number of H-pyrrole nitrogens is 1. The van der Waals surface area contributed by atoms with Crippen molar-refractivity contribution in [1.82, 2.24) is 94.5 Å². The highest BCUT2D eigenvalue weighted by Crippen LogP contribution is 2.25. The second kappa shape index (κ2) is 53.2. The lowest BCUT2D eigenvalue weighted by Crippen LogP contribution is -2.61. The quantitative estimate of drug-likeness (QED) is 0.0213. The first-order valence-corrected chi connectivity index (χ1v) is 43.2. The Balaban J connectivity index is 1.29. The van der Waals surface area contributed by atoms with Crippen molar-refractivity contribution in [3.8, 4) is 5.75 Å². The molecule has 28 N–H and O–H groups in total. The van der Waals surface area contributed by atoms with Gasteiger partial charge in [0, 0.05) is 88.2 Å². The molecule has 47 heteroatoms. The molecular formula is C83H122N22O25. The molecule has 130 heavy (non-hydrogen) atoms. The summed E-state index contributed by atoms with van der Waals surface area (Å²) in [5.74, 6) is -21.5. The predicted molar refractivity (Wildman–Crippen MR) is 461 cm³/mol. The molecule has 0 unspecified atom stereocenters. The molecule has 6 rings (SSSR count). The zero-order valence-corrected chi connectivity index (χ0v) is 72.7. The van der Waals surface area contributed by atoms with Gasteiger partial charge in [-0.3, -0.25) is 101 Å². The smallest absolute Gasteiger partial charge is 0.303 e. The Morgan fingerprint density at radius 1 is 0.469 bits per heavy atom. The minimum absolute atomic E-state index is 0.00117. The number of carbonyl (C=O) groups is 20. The number of rotatable bonds is 25. The fourth-order valence-corrected chi connectivity index (χ4v) is 14.7. The van der Waals surface area contributed by atoms with Gasteiger partial charge in [-0.25, -0.2) is 0 Å². The van der Waals surface area contributed by atoms with E-state index in [1.54, 1.807) is 42.6 Å². The van der Waals surface area contributed by atoms with Crippen molar-refractivity contribution in [2.45, 2.75) is 260 Å². The summed E-state index contributed by atoms with van der Waals surface area (Å²) in [5, 5.41) is 95.9. The Hall–Kier alpha value is -13.6. The van der Waals surface area contributed by atoms with Crippen molar-refractivity contribution in [2.75, 3.05) is 45.8 Å². The summed E-state index contributed by atoms with van der Waals surface area (Å²) in [6.07, 6.45) is -3.69. The highest BCUT2D eigenvalue weighted by molar-refractivity contribution is 6.01. The minimum Gasteiger partial charge on any atom is -0.508 e. The number of phenolic OH excluding ortho intramolecular Hbond substituents is 1. The number of nitrogens with two attached hydrogens (primary N) is 3. The van der Waals surface area contributed by atoms with Crippen LogP contribution in [0, 0.1) is 5.41 Å². The van der Waals surface area contributed by atoms with E-state index in [2.05, 4.69) is 84.7 Å². The van der Waals surface area contributed by atoms with Crippen LogP contribution in [0.5, 0.6) is 5.75 Å². The van der Waals surface area contributed by atoms with E-state index < -0.39 is 273 Å². The summed E-state index contributed by atoms with van der Waals surface area (Å²) in [6, 6.07) is -7.59. The lowest BCUT2D eigenvalue weighted by atomic mass is 10.0. The third kappa shape index (κ3) is 35.2. The van der Waals surface area contributed by atoms with E-state index in [-0.39, 0.29) is 116 Å². The molecule has 1 aromatic heterocycles. The molecule has 0 radical (unpaired) electrons. The number of nitrogens with one attached hydrogen (secondary N) is 17. The van der Waals surface area contributed by atoms with Gasteiger partial charge in [0.1, 0.15) is 84.3 Å². The number of aromatic nitrogens is 1. The number of aliphatic hydroxyl groups is 1. The van der Waals surface area contributed by atoms with E-state index >= 15 is 0 Å². The molecule has 0 saturated carbocycles. The van der Waals surface area contributed by atoms with Crippen molar-refractivity contribution in [3.05, 3.63) is 65.9 Å². The molecular weight excluding hydrogens is 1710 g/mol. The van der Waals surface area contributed by atoms with Crippen molar-refractivity contribution in [1.29, 1.82) is 5.41 Å². The highest BCUT2D eigenvalue weighted by atomic mass is 16.4. The molecule has 3 aromatic rings. The highest BCUT2D eigenvalue weighted by Gasteiger charge is 2.44. The van der Waals surface area contributed by atoms with Crippen LogP contribution in [0.25, 0.3) is 10.9 Å². The lowest BCUT2D eigenvalue weighted by molar-refractivity contribution is -0.145. The number of unbranched alkanes of at least 4 members (excludes halogenated alkanes) is 1. The van der Waals surface area contributed by atoms with Crippen molar-refractivity contribution in [3.63, 3.8) is 0 Å². The van der Waals surface area contributed by atoms with E-state index in [1.807, 2.05) is 0 Å². The predicted octanol–water partition coefficient (Wildman–Crippen LogP) is -6.04. The van der Waals surface area contributed by atoms with Crippen LogP contribution in [-0.2, 0) is 109 Å². The summed E-state index contributed by atoms with van der Waals surface area (Å²) in [7, 11) is 0. The number of guanidine groups is 1. The molecule has 3 fully saturated rings.